The number of rotatable bonds is 4. The average Bonchev–Trinajstić information content (AvgIpc) is 2.47. The summed E-state index contributed by atoms with van der Waals surface area (Å²) in [5, 5.41) is 0. The molecule has 0 spiro atoms. The van der Waals surface area contributed by atoms with Gasteiger partial charge in [0.15, 0.2) is 0 Å². The van der Waals surface area contributed by atoms with Crippen LogP contribution in [0.2, 0.25) is 0 Å². The van der Waals surface area contributed by atoms with E-state index in [0.717, 1.165) is 17.1 Å². The first-order valence-corrected chi connectivity index (χ1v) is 5.97. The molecule has 0 saturated carbocycles. The van der Waals surface area contributed by atoms with Crippen LogP contribution in [0.15, 0.2) is 42.5 Å². The fourth-order valence-electron chi connectivity index (χ4n) is 1.96. The van der Waals surface area contributed by atoms with Crippen LogP contribution in [0.5, 0.6) is 11.5 Å². The van der Waals surface area contributed by atoms with Gasteiger partial charge < -0.3 is 20.1 Å². The van der Waals surface area contributed by atoms with E-state index in [2.05, 4.69) is 0 Å². The maximum absolute atomic E-state index is 6.10. The van der Waals surface area contributed by atoms with Gasteiger partial charge in [0.25, 0.3) is 0 Å². The standard InChI is InChI=1S/C15H18N2O2/c1-17(11-6-4-7-12(10-11)18-2)13-8-5-9-14(19-3)15(13)16/h4-10H,16H2,1-3H3. The quantitative estimate of drug-likeness (QED) is 0.856. The number of ether oxygens (including phenoxy) is 2. The lowest BCUT2D eigenvalue weighted by Crippen LogP contribution is -2.12. The first-order valence-electron chi connectivity index (χ1n) is 5.97. The van der Waals surface area contributed by atoms with Crippen molar-refractivity contribution in [2.24, 2.45) is 0 Å². The van der Waals surface area contributed by atoms with Crippen molar-refractivity contribution in [2.75, 3.05) is 31.9 Å². The van der Waals surface area contributed by atoms with Crippen molar-refractivity contribution in [3.8, 4) is 11.5 Å². The minimum absolute atomic E-state index is 0.621. The lowest BCUT2D eigenvalue weighted by atomic mass is 10.2. The number of methoxy groups -OCH3 is 2. The number of nitrogens with zero attached hydrogens (tertiary/aromatic N) is 1. The van der Waals surface area contributed by atoms with Crippen LogP contribution in [0.1, 0.15) is 0 Å². The van der Waals surface area contributed by atoms with Crippen LogP contribution in [0.3, 0.4) is 0 Å². The average molecular weight is 258 g/mol. The highest BCUT2D eigenvalue weighted by molar-refractivity contribution is 5.79. The third-order valence-corrected chi connectivity index (χ3v) is 3.06. The van der Waals surface area contributed by atoms with E-state index in [1.807, 2.05) is 54.4 Å². The molecule has 100 valence electrons. The zero-order valence-corrected chi connectivity index (χ0v) is 11.4. The van der Waals surface area contributed by atoms with Crippen LogP contribution in [0.25, 0.3) is 0 Å². The molecule has 0 saturated heterocycles. The van der Waals surface area contributed by atoms with Crippen molar-refractivity contribution in [3.63, 3.8) is 0 Å². The Balaban J connectivity index is 2.40. The fraction of sp³-hybridized carbons (Fsp3) is 0.200. The molecular formula is C15H18N2O2. The molecule has 0 aliphatic heterocycles. The lowest BCUT2D eigenvalue weighted by Gasteiger charge is -2.22. The molecule has 0 aromatic heterocycles. The molecule has 4 nitrogen and oxygen atoms in total. The Morgan fingerprint density at radius 2 is 1.74 bits per heavy atom. The van der Waals surface area contributed by atoms with Crippen molar-refractivity contribution in [3.05, 3.63) is 42.5 Å². The summed E-state index contributed by atoms with van der Waals surface area (Å²) in [4.78, 5) is 2.00. The van der Waals surface area contributed by atoms with Gasteiger partial charge in [-0.25, -0.2) is 0 Å². The zero-order valence-electron chi connectivity index (χ0n) is 11.4. The van der Waals surface area contributed by atoms with Crippen molar-refractivity contribution >= 4 is 17.1 Å². The summed E-state index contributed by atoms with van der Waals surface area (Å²) in [5.74, 6) is 1.48. The van der Waals surface area contributed by atoms with Gasteiger partial charge in [0.05, 0.1) is 25.6 Å². The van der Waals surface area contributed by atoms with Gasteiger partial charge in [0.1, 0.15) is 11.5 Å². The largest absolute Gasteiger partial charge is 0.497 e. The Hall–Kier alpha value is -2.36. The maximum Gasteiger partial charge on any atom is 0.143 e. The summed E-state index contributed by atoms with van der Waals surface area (Å²) in [6.45, 7) is 0. The molecule has 19 heavy (non-hydrogen) atoms. The second kappa shape index (κ2) is 5.52. The number of anilines is 3. The van der Waals surface area contributed by atoms with E-state index in [1.54, 1.807) is 14.2 Å². The Morgan fingerprint density at radius 3 is 2.42 bits per heavy atom. The molecule has 0 radical (unpaired) electrons. The van der Waals surface area contributed by atoms with E-state index in [-0.39, 0.29) is 0 Å². The lowest BCUT2D eigenvalue weighted by molar-refractivity contribution is 0.415. The van der Waals surface area contributed by atoms with E-state index in [1.165, 1.54) is 0 Å². The molecule has 2 aromatic carbocycles. The van der Waals surface area contributed by atoms with Crippen LogP contribution in [-0.4, -0.2) is 21.3 Å². The van der Waals surface area contributed by atoms with E-state index in [0.29, 0.717) is 11.4 Å². The van der Waals surface area contributed by atoms with Crippen molar-refractivity contribution in [2.45, 2.75) is 0 Å². The zero-order chi connectivity index (χ0) is 13.8. The topological polar surface area (TPSA) is 47.7 Å². The molecule has 0 atom stereocenters. The van der Waals surface area contributed by atoms with Crippen molar-refractivity contribution in [1.82, 2.24) is 0 Å². The second-order valence-electron chi connectivity index (χ2n) is 4.15. The van der Waals surface area contributed by atoms with Gasteiger partial charge in [-0.05, 0) is 24.3 Å². The number of nitrogen functional groups attached to an aromatic ring is 1. The minimum atomic E-state index is 0.621. The Labute approximate surface area is 113 Å². The van der Waals surface area contributed by atoms with Gasteiger partial charge >= 0.3 is 0 Å². The van der Waals surface area contributed by atoms with Crippen LogP contribution >= 0.6 is 0 Å². The number of nitrogens with two attached hydrogens (primary N) is 1. The summed E-state index contributed by atoms with van der Waals surface area (Å²) in [6.07, 6.45) is 0. The Kier molecular flexibility index (Phi) is 3.80. The third kappa shape index (κ3) is 2.57. The van der Waals surface area contributed by atoms with Crippen molar-refractivity contribution in [1.29, 1.82) is 0 Å². The number of hydrogen-bond donors (Lipinski definition) is 1. The molecule has 0 heterocycles. The molecule has 2 N–H and O–H groups in total. The first kappa shape index (κ1) is 13.1. The molecular weight excluding hydrogens is 240 g/mol. The second-order valence-corrected chi connectivity index (χ2v) is 4.15. The summed E-state index contributed by atoms with van der Waals surface area (Å²) < 4.78 is 10.5. The molecule has 0 aliphatic carbocycles. The molecule has 4 heteroatoms. The molecule has 2 aromatic rings. The number of hydrogen-bond acceptors (Lipinski definition) is 4. The Morgan fingerprint density at radius 1 is 1.00 bits per heavy atom. The molecule has 0 aliphatic rings. The molecule has 2 rings (SSSR count). The van der Waals surface area contributed by atoms with Gasteiger partial charge in [-0.3, -0.25) is 0 Å². The highest BCUT2D eigenvalue weighted by Crippen LogP contribution is 2.35. The van der Waals surface area contributed by atoms with Crippen molar-refractivity contribution < 1.29 is 9.47 Å². The number of para-hydroxylation sites is 1. The smallest absolute Gasteiger partial charge is 0.143 e. The first-order chi connectivity index (χ1) is 9.17. The highest BCUT2D eigenvalue weighted by Gasteiger charge is 2.11. The summed E-state index contributed by atoms with van der Waals surface area (Å²) >= 11 is 0. The van der Waals surface area contributed by atoms with E-state index in [9.17, 15) is 0 Å². The third-order valence-electron chi connectivity index (χ3n) is 3.06. The Bertz CT molecular complexity index is 570. The summed E-state index contributed by atoms with van der Waals surface area (Å²) in [5.41, 5.74) is 8.62. The number of benzene rings is 2. The minimum Gasteiger partial charge on any atom is -0.497 e. The monoisotopic (exact) mass is 258 g/mol. The predicted octanol–water partition coefficient (Wildman–Crippen LogP) is 3.05. The van der Waals surface area contributed by atoms with Crippen LogP contribution in [-0.2, 0) is 0 Å². The van der Waals surface area contributed by atoms with E-state index < -0.39 is 0 Å². The molecule has 0 amide bonds. The summed E-state index contributed by atoms with van der Waals surface area (Å²) in [6, 6.07) is 13.5. The van der Waals surface area contributed by atoms with Crippen LogP contribution in [0.4, 0.5) is 17.1 Å². The van der Waals surface area contributed by atoms with Gasteiger partial charge in [-0.2, -0.15) is 0 Å². The molecule has 0 fully saturated rings. The highest BCUT2D eigenvalue weighted by atomic mass is 16.5. The predicted molar refractivity (Wildman–Crippen MR) is 78.5 cm³/mol. The fourth-order valence-corrected chi connectivity index (χ4v) is 1.96. The van der Waals surface area contributed by atoms with Crippen LogP contribution in [0, 0.1) is 0 Å². The summed E-state index contributed by atoms with van der Waals surface area (Å²) in [7, 11) is 5.22. The van der Waals surface area contributed by atoms with Gasteiger partial charge in [-0.1, -0.05) is 12.1 Å². The maximum atomic E-state index is 6.10. The van der Waals surface area contributed by atoms with Gasteiger partial charge in [-0.15, -0.1) is 0 Å². The SMILES string of the molecule is COc1cccc(N(C)c2cccc(OC)c2N)c1. The molecule has 0 unspecified atom stereocenters. The van der Waals surface area contributed by atoms with E-state index in [4.69, 9.17) is 15.2 Å². The normalized spacial score (nSPS) is 10.1. The van der Waals surface area contributed by atoms with E-state index >= 15 is 0 Å². The van der Waals surface area contributed by atoms with Gasteiger partial charge in [0, 0.05) is 18.8 Å². The molecule has 0 bridgehead atoms. The van der Waals surface area contributed by atoms with Gasteiger partial charge in [0.2, 0.25) is 0 Å². The van der Waals surface area contributed by atoms with Crippen LogP contribution < -0.4 is 20.1 Å².